The predicted molar refractivity (Wildman–Crippen MR) is 116 cm³/mol. The van der Waals surface area contributed by atoms with Crippen molar-refractivity contribution in [3.8, 4) is 11.5 Å². The van der Waals surface area contributed by atoms with Crippen LogP contribution in [0.3, 0.4) is 0 Å². The third kappa shape index (κ3) is 6.38. The maximum atomic E-state index is 12.3. The van der Waals surface area contributed by atoms with Gasteiger partial charge in [-0.2, -0.15) is 4.98 Å². The molecule has 3 N–H and O–H groups in total. The first-order valence-corrected chi connectivity index (χ1v) is 9.51. The molecule has 1 fully saturated rings. The summed E-state index contributed by atoms with van der Waals surface area (Å²) in [6, 6.07) is 4.92. The summed E-state index contributed by atoms with van der Waals surface area (Å²) in [5.41, 5.74) is 6.45. The van der Waals surface area contributed by atoms with Gasteiger partial charge in [0.25, 0.3) is 0 Å². The Kier molecular flexibility index (Phi) is 10.2. The average molecular weight is 459 g/mol. The van der Waals surface area contributed by atoms with Crippen LogP contribution in [0, 0.1) is 5.92 Å². The van der Waals surface area contributed by atoms with Crippen molar-refractivity contribution in [2.75, 3.05) is 19.6 Å². The fourth-order valence-corrected chi connectivity index (χ4v) is 3.07. The van der Waals surface area contributed by atoms with Gasteiger partial charge in [-0.15, -0.1) is 24.8 Å². The van der Waals surface area contributed by atoms with Crippen molar-refractivity contribution in [1.29, 1.82) is 0 Å². The third-order valence-corrected chi connectivity index (χ3v) is 4.97. The van der Waals surface area contributed by atoms with E-state index in [0.29, 0.717) is 30.5 Å². The number of nitrogens with one attached hydrogen (secondary N) is 1. The predicted octanol–water partition coefficient (Wildman–Crippen LogP) is 1.78. The lowest BCUT2D eigenvalue weighted by Gasteiger charge is -2.30. The number of carbonyl (C=O) groups is 2. The van der Waals surface area contributed by atoms with Gasteiger partial charge in [0.15, 0.2) is 0 Å². The second-order valence-electron chi connectivity index (χ2n) is 7.31. The fourth-order valence-electron chi connectivity index (χ4n) is 3.07. The van der Waals surface area contributed by atoms with Crippen molar-refractivity contribution < 1.29 is 14.1 Å². The van der Waals surface area contributed by atoms with E-state index in [0.717, 1.165) is 12.8 Å². The van der Waals surface area contributed by atoms with Crippen LogP contribution in [0.2, 0.25) is 0 Å². The van der Waals surface area contributed by atoms with Gasteiger partial charge in [0.1, 0.15) is 5.69 Å². The van der Waals surface area contributed by atoms with Gasteiger partial charge in [-0.05, 0) is 30.9 Å². The summed E-state index contributed by atoms with van der Waals surface area (Å²) in [5, 5.41) is 6.63. The monoisotopic (exact) mass is 458 g/mol. The van der Waals surface area contributed by atoms with E-state index < -0.39 is 6.04 Å². The maximum absolute atomic E-state index is 12.3. The van der Waals surface area contributed by atoms with Crippen LogP contribution in [-0.4, -0.2) is 57.5 Å². The molecule has 1 aliphatic heterocycles. The van der Waals surface area contributed by atoms with Crippen LogP contribution < -0.4 is 11.1 Å². The van der Waals surface area contributed by atoms with Crippen molar-refractivity contribution >= 4 is 36.6 Å². The molecule has 1 saturated heterocycles. The lowest BCUT2D eigenvalue weighted by molar-refractivity contribution is -0.134. The molecular weight excluding hydrogens is 431 g/mol. The molecule has 9 nitrogen and oxygen atoms in total. The number of rotatable bonds is 6. The van der Waals surface area contributed by atoms with Gasteiger partial charge in [0.2, 0.25) is 23.5 Å². The molecule has 1 aliphatic rings. The lowest BCUT2D eigenvalue weighted by Crippen LogP contribution is -2.49. The van der Waals surface area contributed by atoms with E-state index in [4.69, 9.17) is 10.3 Å². The zero-order valence-corrected chi connectivity index (χ0v) is 18.6. The van der Waals surface area contributed by atoms with Crippen LogP contribution >= 0.6 is 24.8 Å². The smallest absolute Gasteiger partial charge is 0.241 e. The molecular formula is C19H28Cl2N6O3. The van der Waals surface area contributed by atoms with E-state index >= 15 is 0 Å². The Morgan fingerprint density at radius 3 is 2.57 bits per heavy atom. The van der Waals surface area contributed by atoms with Crippen molar-refractivity contribution in [2.45, 2.75) is 38.6 Å². The Hall–Kier alpha value is -2.23. The molecule has 1 atom stereocenters. The number of carbonyl (C=O) groups excluding carboxylic acids is 2. The highest BCUT2D eigenvalue weighted by atomic mass is 35.5. The summed E-state index contributed by atoms with van der Waals surface area (Å²) < 4.78 is 5.41. The number of hydrogen-bond donors (Lipinski definition) is 2. The van der Waals surface area contributed by atoms with E-state index in [1.54, 1.807) is 11.1 Å². The van der Waals surface area contributed by atoms with Crippen LogP contribution in [-0.2, 0) is 9.59 Å². The molecule has 2 aromatic rings. The SMILES string of the molecule is CC(C)[C@H](N)C(=O)NCC(=O)N1CCC(c2nc(-c3ccccn3)no2)CC1.Cl.Cl. The molecule has 0 spiro atoms. The van der Waals surface area contributed by atoms with Crippen molar-refractivity contribution in [3.05, 3.63) is 30.3 Å². The first-order chi connectivity index (χ1) is 13.5. The van der Waals surface area contributed by atoms with Gasteiger partial charge in [-0.3, -0.25) is 14.6 Å². The van der Waals surface area contributed by atoms with Crippen LogP contribution in [0.25, 0.3) is 11.5 Å². The molecule has 0 aromatic carbocycles. The van der Waals surface area contributed by atoms with Crippen molar-refractivity contribution in [1.82, 2.24) is 25.3 Å². The molecule has 30 heavy (non-hydrogen) atoms. The summed E-state index contributed by atoms with van der Waals surface area (Å²) in [6.45, 7) is 4.86. The minimum atomic E-state index is -0.607. The molecule has 2 amide bonds. The Morgan fingerprint density at radius 2 is 1.97 bits per heavy atom. The van der Waals surface area contributed by atoms with Crippen molar-refractivity contribution in [3.63, 3.8) is 0 Å². The number of piperidine rings is 1. The van der Waals surface area contributed by atoms with Gasteiger partial charge in [-0.1, -0.05) is 25.1 Å². The van der Waals surface area contributed by atoms with Crippen LogP contribution in [0.1, 0.15) is 38.5 Å². The number of aromatic nitrogens is 3. The van der Waals surface area contributed by atoms with E-state index in [2.05, 4.69) is 20.4 Å². The van der Waals surface area contributed by atoms with Gasteiger partial charge in [0.05, 0.1) is 12.6 Å². The van der Waals surface area contributed by atoms with Gasteiger partial charge in [0, 0.05) is 25.2 Å². The highest BCUT2D eigenvalue weighted by Gasteiger charge is 2.28. The number of hydrogen-bond acceptors (Lipinski definition) is 7. The van der Waals surface area contributed by atoms with Gasteiger partial charge in [-0.25, -0.2) is 0 Å². The number of nitrogens with zero attached hydrogens (tertiary/aromatic N) is 4. The number of nitrogens with two attached hydrogens (primary N) is 1. The minimum absolute atomic E-state index is 0. The minimum Gasteiger partial charge on any atom is -0.346 e. The Bertz CT molecular complexity index is 810. The largest absolute Gasteiger partial charge is 0.346 e. The summed E-state index contributed by atoms with van der Waals surface area (Å²) in [4.78, 5) is 34.6. The number of pyridine rings is 1. The highest BCUT2D eigenvalue weighted by molar-refractivity contribution is 5.87. The summed E-state index contributed by atoms with van der Waals surface area (Å²) >= 11 is 0. The van der Waals surface area contributed by atoms with Crippen molar-refractivity contribution in [2.24, 2.45) is 11.7 Å². The van der Waals surface area contributed by atoms with Crippen LogP contribution in [0.4, 0.5) is 0 Å². The number of amides is 2. The maximum Gasteiger partial charge on any atom is 0.241 e. The first kappa shape index (κ1) is 25.8. The van der Waals surface area contributed by atoms with Gasteiger partial charge < -0.3 is 20.5 Å². The molecule has 2 aromatic heterocycles. The first-order valence-electron chi connectivity index (χ1n) is 9.51. The van der Waals surface area contributed by atoms with E-state index in [1.807, 2.05) is 32.0 Å². The van der Waals surface area contributed by atoms with Gasteiger partial charge >= 0.3 is 0 Å². The third-order valence-electron chi connectivity index (χ3n) is 4.97. The molecule has 0 unspecified atom stereocenters. The molecule has 0 aliphatic carbocycles. The van der Waals surface area contributed by atoms with Crippen LogP contribution in [0.15, 0.2) is 28.9 Å². The second kappa shape index (κ2) is 11.8. The standard InChI is InChI=1S/C19H26N6O3.2ClH/c1-12(2)16(20)18(27)22-11-15(26)25-9-6-13(7-10-25)19-23-17(24-28-19)14-5-3-4-8-21-14;;/h3-5,8,12-13,16H,6-7,9-11,20H2,1-2H3,(H,22,27);2*1H/t16-;;/m0../s1. The zero-order chi connectivity index (χ0) is 20.1. The number of likely N-dealkylation sites (tertiary alicyclic amines) is 1. The molecule has 0 bridgehead atoms. The average Bonchev–Trinajstić information content (AvgIpc) is 3.22. The molecule has 3 rings (SSSR count). The highest BCUT2D eigenvalue weighted by Crippen LogP contribution is 2.28. The molecule has 166 valence electrons. The Labute approximate surface area is 188 Å². The molecule has 0 saturated carbocycles. The molecule has 3 heterocycles. The second-order valence-corrected chi connectivity index (χ2v) is 7.31. The Morgan fingerprint density at radius 1 is 1.27 bits per heavy atom. The summed E-state index contributed by atoms with van der Waals surface area (Å²) in [5.74, 6) is 0.769. The summed E-state index contributed by atoms with van der Waals surface area (Å²) in [7, 11) is 0. The zero-order valence-electron chi connectivity index (χ0n) is 17.0. The van der Waals surface area contributed by atoms with E-state index in [1.165, 1.54) is 0 Å². The normalized spacial score (nSPS) is 15.1. The quantitative estimate of drug-likeness (QED) is 0.674. The lowest BCUT2D eigenvalue weighted by atomic mass is 9.96. The van der Waals surface area contributed by atoms with E-state index in [9.17, 15) is 9.59 Å². The summed E-state index contributed by atoms with van der Waals surface area (Å²) in [6.07, 6.45) is 3.15. The van der Waals surface area contributed by atoms with E-state index in [-0.39, 0.29) is 55.0 Å². The molecule has 0 radical (unpaired) electrons. The Balaban J connectivity index is 0.00000225. The van der Waals surface area contributed by atoms with Crippen LogP contribution in [0.5, 0.6) is 0 Å². The topological polar surface area (TPSA) is 127 Å². The molecule has 11 heteroatoms. The number of halogens is 2. The fraction of sp³-hybridized carbons (Fsp3) is 0.526.